The quantitative estimate of drug-likeness (QED) is 0.494. The predicted octanol–water partition coefficient (Wildman–Crippen LogP) is 3.39. The second-order valence-corrected chi connectivity index (χ2v) is 10.1. The Labute approximate surface area is 214 Å². The molecule has 1 aliphatic heterocycles. The van der Waals surface area contributed by atoms with Crippen molar-refractivity contribution in [1.29, 1.82) is 0 Å². The number of nitrogens with one attached hydrogen (secondary N) is 2. The minimum absolute atomic E-state index is 0.0358. The molecule has 2 fully saturated rings. The fourth-order valence-electron chi connectivity index (χ4n) is 4.76. The molecule has 3 N–H and O–H groups in total. The Morgan fingerprint density at radius 2 is 2.00 bits per heavy atom. The molecule has 1 aromatic heterocycles. The van der Waals surface area contributed by atoms with E-state index in [4.69, 9.17) is 28.3 Å². The van der Waals surface area contributed by atoms with Crippen molar-refractivity contribution in [2.45, 2.75) is 44.2 Å². The van der Waals surface area contributed by atoms with Crippen LogP contribution in [-0.2, 0) is 24.8 Å². The van der Waals surface area contributed by atoms with Crippen LogP contribution in [0.15, 0.2) is 35.3 Å². The topological polar surface area (TPSA) is 104 Å². The van der Waals surface area contributed by atoms with Gasteiger partial charge in [0.25, 0.3) is 5.56 Å². The van der Waals surface area contributed by atoms with Gasteiger partial charge in [0, 0.05) is 45.0 Å². The van der Waals surface area contributed by atoms with Crippen molar-refractivity contribution in [2.24, 2.45) is 13.0 Å². The summed E-state index contributed by atoms with van der Waals surface area (Å²) in [7, 11) is 1.72. The van der Waals surface area contributed by atoms with Crippen LogP contribution in [0.25, 0.3) is 0 Å². The second kappa shape index (κ2) is 11.0. The smallest absolute Gasteiger partial charge is 0.404 e. The van der Waals surface area contributed by atoms with Crippen LogP contribution in [0.1, 0.15) is 41.9 Å². The van der Waals surface area contributed by atoms with Crippen LogP contribution < -0.4 is 16.2 Å². The van der Waals surface area contributed by atoms with E-state index in [1.54, 1.807) is 25.4 Å². The first-order valence-electron chi connectivity index (χ1n) is 11.9. The summed E-state index contributed by atoms with van der Waals surface area (Å²) >= 11 is 12.9. The molecule has 2 heterocycles. The zero-order valence-electron chi connectivity index (χ0n) is 19.6. The first kappa shape index (κ1) is 25.5. The number of aryl methyl sites for hydroxylation is 1. The largest absolute Gasteiger partial charge is 0.465 e. The van der Waals surface area contributed by atoms with E-state index in [1.165, 1.54) is 4.57 Å². The summed E-state index contributed by atoms with van der Waals surface area (Å²) in [6.07, 6.45) is 3.80. The number of carbonyl (C=O) groups excluding carboxylic acids is 1. The van der Waals surface area contributed by atoms with Gasteiger partial charge in [-0.1, -0.05) is 29.3 Å². The highest BCUT2D eigenvalue weighted by Gasteiger charge is 2.40. The first-order chi connectivity index (χ1) is 16.7. The molecule has 2 amide bonds. The van der Waals surface area contributed by atoms with Gasteiger partial charge < -0.3 is 25.2 Å². The van der Waals surface area contributed by atoms with Crippen molar-refractivity contribution in [1.82, 2.24) is 20.1 Å². The molecule has 2 atom stereocenters. The summed E-state index contributed by atoms with van der Waals surface area (Å²) in [6.45, 7) is 1.93. The van der Waals surface area contributed by atoms with Crippen molar-refractivity contribution in [2.75, 3.05) is 19.6 Å². The summed E-state index contributed by atoms with van der Waals surface area (Å²) < 4.78 is 1.53. The monoisotopic (exact) mass is 520 g/mol. The molecule has 188 valence electrons. The van der Waals surface area contributed by atoms with Gasteiger partial charge in [0.15, 0.2) is 0 Å². The van der Waals surface area contributed by atoms with E-state index in [0.717, 1.165) is 42.5 Å². The second-order valence-electron chi connectivity index (χ2n) is 9.34. The zero-order chi connectivity index (χ0) is 25.1. The SMILES string of the molecule is Cn1ccc(C2CCNCC2C(=O)N(Cc2cc(CCNC(=O)O)cc(Cl)c2Cl)C2CC2)cc1=O. The lowest BCUT2D eigenvalue weighted by atomic mass is 9.80. The van der Waals surface area contributed by atoms with E-state index in [-0.39, 0.29) is 35.9 Å². The number of benzene rings is 1. The van der Waals surface area contributed by atoms with Gasteiger partial charge in [0.05, 0.1) is 16.0 Å². The lowest BCUT2D eigenvalue weighted by Gasteiger charge is -2.36. The number of rotatable bonds is 8. The minimum atomic E-state index is -1.08. The van der Waals surface area contributed by atoms with Gasteiger partial charge in [-0.3, -0.25) is 9.59 Å². The van der Waals surface area contributed by atoms with Gasteiger partial charge in [-0.05, 0) is 67.0 Å². The van der Waals surface area contributed by atoms with Crippen LogP contribution in [0.2, 0.25) is 10.0 Å². The van der Waals surface area contributed by atoms with E-state index in [1.807, 2.05) is 17.0 Å². The Kier molecular flexibility index (Phi) is 8.04. The summed E-state index contributed by atoms with van der Waals surface area (Å²) in [5.74, 6) is -0.268. The van der Waals surface area contributed by atoms with Gasteiger partial charge in [-0.25, -0.2) is 4.79 Å². The average Bonchev–Trinajstić information content (AvgIpc) is 3.67. The number of hydrogen-bond acceptors (Lipinski definition) is 4. The van der Waals surface area contributed by atoms with Crippen LogP contribution in [0.3, 0.4) is 0 Å². The molecule has 0 bridgehead atoms. The average molecular weight is 521 g/mol. The number of halogens is 2. The number of carbonyl (C=O) groups is 2. The van der Waals surface area contributed by atoms with Crippen LogP contribution in [0, 0.1) is 5.92 Å². The highest BCUT2D eigenvalue weighted by Crippen LogP contribution is 2.37. The molecule has 1 aliphatic carbocycles. The van der Waals surface area contributed by atoms with Gasteiger partial charge in [-0.15, -0.1) is 0 Å². The normalized spacial score (nSPS) is 19.9. The van der Waals surface area contributed by atoms with E-state index in [9.17, 15) is 14.4 Å². The van der Waals surface area contributed by atoms with Gasteiger partial charge in [0.2, 0.25) is 5.91 Å². The van der Waals surface area contributed by atoms with Crippen LogP contribution >= 0.6 is 23.2 Å². The molecule has 0 spiro atoms. The highest BCUT2D eigenvalue weighted by atomic mass is 35.5. The number of pyridine rings is 1. The van der Waals surface area contributed by atoms with Crippen molar-refractivity contribution in [3.63, 3.8) is 0 Å². The minimum Gasteiger partial charge on any atom is -0.465 e. The Hall–Kier alpha value is -2.55. The van der Waals surface area contributed by atoms with E-state index >= 15 is 0 Å². The first-order valence-corrected chi connectivity index (χ1v) is 12.6. The Morgan fingerprint density at radius 3 is 2.69 bits per heavy atom. The van der Waals surface area contributed by atoms with E-state index in [2.05, 4.69) is 10.6 Å². The number of amides is 2. The maximum Gasteiger partial charge on any atom is 0.404 e. The van der Waals surface area contributed by atoms with Crippen LogP contribution in [0.5, 0.6) is 0 Å². The van der Waals surface area contributed by atoms with Crippen molar-refractivity contribution in [3.8, 4) is 0 Å². The molecule has 0 radical (unpaired) electrons. The molecule has 2 aliphatic rings. The molecule has 1 saturated carbocycles. The maximum absolute atomic E-state index is 13.9. The summed E-state index contributed by atoms with van der Waals surface area (Å²) in [5.41, 5.74) is 2.42. The molecule has 35 heavy (non-hydrogen) atoms. The number of hydrogen-bond donors (Lipinski definition) is 3. The number of aromatic nitrogens is 1. The van der Waals surface area contributed by atoms with Gasteiger partial charge >= 0.3 is 6.09 Å². The van der Waals surface area contributed by atoms with Crippen molar-refractivity contribution in [3.05, 3.63) is 67.6 Å². The van der Waals surface area contributed by atoms with Crippen LogP contribution in [-0.4, -0.2) is 52.3 Å². The highest BCUT2D eigenvalue weighted by molar-refractivity contribution is 6.42. The fourth-order valence-corrected chi connectivity index (χ4v) is 5.19. The summed E-state index contributed by atoms with van der Waals surface area (Å²) in [5, 5.41) is 15.3. The van der Waals surface area contributed by atoms with E-state index in [0.29, 0.717) is 29.6 Å². The lowest BCUT2D eigenvalue weighted by Crippen LogP contribution is -2.47. The Morgan fingerprint density at radius 1 is 1.23 bits per heavy atom. The molecule has 8 nitrogen and oxygen atoms in total. The number of piperidine rings is 1. The van der Waals surface area contributed by atoms with Crippen LogP contribution in [0.4, 0.5) is 4.79 Å². The molecule has 2 aromatic rings. The summed E-state index contributed by atoms with van der Waals surface area (Å²) in [6, 6.07) is 7.36. The van der Waals surface area contributed by atoms with E-state index < -0.39 is 6.09 Å². The van der Waals surface area contributed by atoms with Gasteiger partial charge in [0.1, 0.15) is 0 Å². The third-order valence-electron chi connectivity index (χ3n) is 6.82. The predicted molar refractivity (Wildman–Crippen MR) is 135 cm³/mol. The Bertz CT molecular complexity index is 1160. The fraction of sp³-hybridized carbons (Fsp3) is 0.480. The lowest BCUT2D eigenvalue weighted by molar-refractivity contribution is -0.138. The zero-order valence-corrected chi connectivity index (χ0v) is 21.1. The molecule has 2 unspecified atom stereocenters. The molecule has 1 saturated heterocycles. The molecule has 10 heteroatoms. The third-order valence-corrected chi connectivity index (χ3v) is 7.66. The number of nitrogens with zero attached hydrogens (tertiary/aromatic N) is 2. The molecule has 1 aromatic carbocycles. The molecular formula is C25H30Cl2N4O4. The standard InChI is InChI=1S/C25H30Cl2N4O4/c1-30-9-6-16(12-22(30)32)19-5-7-28-13-20(19)24(33)31(18-2-3-18)14-17-10-15(4-8-29-25(34)35)11-21(26)23(17)27/h6,9-12,18-20,28-29H,2-5,7-8,13-14H2,1H3,(H,34,35). The third kappa shape index (κ3) is 6.18. The summed E-state index contributed by atoms with van der Waals surface area (Å²) in [4.78, 5) is 38.8. The maximum atomic E-state index is 13.9. The Balaban J connectivity index is 1.57. The number of carboxylic acid groups (broad SMARTS) is 1. The van der Waals surface area contributed by atoms with Crippen molar-refractivity contribution >= 4 is 35.2 Å². The van der Waals surface area contributed by atoms with Crippen molar-refractivity contribution < 1.29 is 14.7 Å². The molecular weight excluding hydrogens is 491 g/mol. The van der Waals surface area contributed by atoms with Gasteiger partial charge in [-0.2, -0.15) is 0 Å². The molecule has 4 rings (SSSR count).